The molecule has 1 N–H and O–H groups in total. The molecule has 0 aromatic heterocycles. The number of carbonyl (C=O) groups excluding carboxylic acids is 2. The van der Waals surface area contributed by atoms with Crippen LogP contribution in [0.1, 0.15) is 139 Å². The molecular formula is C48H73FN2O5. The second kappa shape index (κ2) is 15.2. The second-order valence-electron chi connectivity index (χ2n) is 21.6. The lowest BCUT2D eigenvalue weighted by Crippen LogP contribution is -2.65. The summed E-state index contributed by atoms with van der Waals surface area (Å²) in [5.74, 6) is 0.283. The third-order valence-electron chi connectivity index (χ3n) is 17.0. The molecule has 0 aliphatic heterocycles. The summed E-state index contributed by atoms with van der Waals surface area (Å²) in [5, 5.41) is 9.64. The van der Waals surface area contributed by atoms with Gasteiger partial charge in [0.05, 0.1) is 11.8 Å². The number of benzene rings is 1. The lowest BCUT2D eigenvalue weighted by Gasteiger charge is -2.72. The molecule has 312 valence electrons. The number of hydrogen-bond acceptors (Lipinski definition) is 6. The molecule has 56 heavy (non-hydrogen) atoms. The maximum atomic E-state index is 14.3. The van der Waals surface area contributed by atoms with Gasteiger partial charge in [-0.05, 0) is 155 Å². The molecule has 8 heteroatoms. The Morgan fingerprint density at radius 3 is 2.20 bits per heavy atom. The number of hydrogen-bond donors (Lipinski definition) is 1. The first kappa shape index (κ1) is 43.0. The third kappa shape index (κ3) is 7.34. The predicted molar refractivity (Wildman–Crippen MR) is 220 cm³/mol. The van der Waals surface area contributed by atoms with Gasteiger partial charge in [0.1, 0.15) is 11.9 Å². The van der Waals surface area contributed by atoms with Crippen LogP contribution in [0.25, 0.3) is 0 Å². The van der Waals surface area contributed by atoms with Gasteiger partial charge in [0.2, 0.25) is 0 Å². The highest BCUT2D eigenvalue weighted by Crippen LogP contribution is 2.77. The van der Waals surface area contributed by atoms with E-state index in [4.69, 9.17) is 4.74 Å². The number of likely N-dealkylation sites (N-methyl/N-ethyl adjacent to an activating group) is 1. The fourth-order valence-electron chi connectivity index (χ4n) is 13.7. The number of Topliss-reactive ketones (excluding diaryl/α,β-unsaturated/α-hetero) is 1. The van der Waals surface area contributed by atoms with Gasteiger partial charge in [0.25, 0.3) is 0 Å². The summed E-state index contributed by atoms with van der Waals surface area (Å²) in [5.41, 5.74) is 2.55. The SMILES string of the molecule is CC(C)C1=C2[C@H]3CCC4[C@@]5(C)CC[C@H](OC(=O)CC(C)(C)C(=O)O)C(C)(C)C5CC[C@@]4(C)[C@]3(C)CC[C@@]2(CCN(CCN(C)C)Cc2ccc(F)cc2)CC1=O. The number of carboxylic acids is 1. The molecule has 6 rings (SSSR count). The normalized spacial score (nSPS) is 35.3. The maximum Gasteiger partial charge on any atom is 0.309 e. The van der Waals surface area contributed by atoms with Gasteiger partial charge in [-0.2, -0.15) is 0 Å². The molecule has 1 aromatic rings. The average molecular weight is 777 g/mol. The molecular weight excluding hydrogens is 704 g/mol. The van der Waals surface area contributed by atoms with E-state index in [0.717, 1.165) is 95.1 Å². The molecule has 1 aromatic carbocycles. The molecule has 0 saturated heterocycles. The number of carbonyl (C=O) groups is 3. The van der Waals surface area contributed by atoms with E-state index in [2.05, 4.69) is 72.4 Å². The van der Waals surface area contributed by atoms with Gasteiger partial charge < -0.3 is 14.7 Å². The highest BCUT2D eigenvalue weighted by molar-refractivity contribution is 6.00. The van der Waals surface area contributed by atoms with E-state index in [0.29, 0.717) is 30.0 Å². The fourth-order valence-corrected chi connectivity index (χ4v) is 13.7. The Morgan fingerprint density at radius 2 is 1.57 bits per heavy atom. The number of allylic oxidation sites excluding steroid dienone is 2. The molecule has 5 aliphatic carbocycles. The molecule has 8 atom stereocenters. The van der Waals surface area contributed by atoms with Crippen molar-refractivity contribution in [1.82, 2.24) is 9.80 Å². The van der Waals surface area contributed by atoms with Crippen LogP contribution in [0.2, 0.25) is 0 Å². The van der Waals surface area contributed by atoms with E-state index in [1.807, 2.05) is 12.1 Å². The largest absolute Gasteiger partial charge is 0.481 e. The minimum atomic E-state index is -1.16. The molecule has 0 heterocycles. The van der Waals surface area contributed by atoms with Crippen LogP contribution in [0, 0.1) is 62.0 Å². The maximum absolute atomic E-state index is 14.3. The standard InChI is InChI=1S/C48H73FN2O5/c1-31(2)40-35(52)28-48(24-25-51(27-26-50(10)11)30-32-12-14-33(49)15-13-32)23-22-46(8)34(41(40)48)16-17-37-45(7)20-19-38(56-39(53)29-43(3,4)42(54)55)44(5,6)36(45)18-21-47(37,46)9/h12-15,31,34,36-38H,16-30H2,1-11H3,(H,54,55)/t34-,36?,37?,38+,45+,46-,47-,48-/m1/s1. The molecule has 0 radical (unpaired) electrons. The zero-order chi connectivity index (χ0) is 41.2. The topological polar surface area (TPSA) is 87.2 Å². The number of halogens is 1. The molecule has 4 saturated carbocycles. The van der Waals surface area contributed by atoms with Crippen LogP contribution >= 0.6 is 0 Å². The lowest BCUT2D eigenvalue weighted by atomic mass is 9.33. The molecule has 4 fully saturated rings. The average Bonchev–Trinajstić information content (AvgIpc) is 3.40. The number of ketones is 1. The van der Waals surface area contributed by atoms with Crippen molar-refractivity contribution in [1.29, 1.82) is 0 Å². The van der Waals surface area contributed by atoms with E-state index in [1.165, 1.54) is 5.57 Å². The molecule has 0 spiro atoms. The van der Waals surface area contributed by atoms with Crippen molar-refractivity contribution in [2.45, 2.75) is 146 Å². The number of esters is 1. The summed E-state index contributed by atoms with van der Waals surface area (Å²) in [7, 11) is 4.22. The first-order valence-electron chi connectivity index (χ1n) is 21.8. The summed E-state index contributed by atoms with van der Waals surface area (Å²) < 4.78 is 20.0. The Morgan fingerprint density at radius 1 is 0.893 bits per heavy atom. The van der Waals surface area contributed by atoms with Gasteiger partial charge in [0, 0.05) is 36.9 Å². The Hall–Kier alpha value is -2.58. The summed E-state index contributed by atoms with van der Waals surface area (Å²) in [6.45, 7) is 23.5. The van der Waals surface area contributed by atoms with Crippen molar-refractivity contribution in [2.75, 3.05) is 33.7 Å². The summed E-state index contributed by atoms with van der Waals surface area (Å²) in [6.07, 6.45) is 9.71. The first-order valence-corrected chi connectivity index (χ1v) is 21.8. The molecule has 2 unspecified atom stereocenters. The summed E-state index contributed by atoms with van der Waals surface area (Å²) in [6, 6.07) is 6.93. The van der Waals surface area contributed by atoms with Crippen molar-refractivity contribution in [2.24, 2.45) is 56.2 Å². The van der Waals surface area contributed by atoms with Crippen molar-refractivity contribution >= 4 is 17.7 Å². The Balaban J connectivity index is 1.26. The molecule has 5 aliphatic rings. The smallest absolute Gasteiger partial charge is 0.309 e. The highest BCUT2D eigenvalue weighted by Gasteiger charge is 2.70. The Labute approximate surface area is 337 Å². The fraction of sp³-hybridized carbons (Fsp3) is 0.771. The van der Waals surface area contributed by atoms with Crippen molar-refractivity contribution < 1.29 is 28.6 Å². The van der Waals surface area contributed by atoms with E-state index >= 15 is 0 Å². The van der Waals surface area contributed by atoms with Crippen molar-refractivity contribution in [3.8, 4) is 0 Å². The zero-order valence-electron chi connectivity index (χ0n) is 36.7. The van der Waals surface area contributed by atoms with Crippen molar-refractivity contribution in [3.63, 3.8) is 0 Å². The number of carboxylic acid groups (broad SMARTS) is 1. The van der Waals surface area contributed by atoms with Gasteiger partial charge in [0.15, 0.2) is 5.78 Å². The van der Waals surface area contributed by atoms with E-state index in [1.54, 1.807) is 26.0 Å². The lowest BCUT2D eigenvalue weighted by molar-refractivity contribution is -0.233. The number of fused-ring (bicyclic) bond motifs is 7. The predicted octanol–water partition coefficient (Wildman–Crippen LogP) is 9.97. The van der Waals surface area contributed by atoms with Crippen LogP contribution in [0.15, 0.2) is 35.4 Å². The Bertz CT molecular complexity index is 1700. The van der Waals surface area contributed by atoms with Crippen LogP contribution in [-0.4, -0.2) is 72.5 Å². The van der Waals surface area contributed by atoms with Crippen LogP contribution in [0.4, 0.5) is 4.39 Å². The quantitative estimate of drug-likeness (QED) is 0.200. The van der Waals surface area contributed by atoms with Crippen LogP contribution < -0.4 is 0 Å². The van der Waals surface area contributed by atoms with E-state index < -0.39 is 17.4 Å². The van der Waals surface area contributed by atoms with Gasteiger partial charge in [-0.25, -0.2) is 4.39 Å². The zero-order valence-corrected chi connectivity index (χ0v) is 36.7. The third-order valence-corrected chi connectivity index (χ3v) is 17.0. The van der Waals surface area contributed by atoms with Crippen LogP contribution in [0.5, 0.6) is 0 Å². The van der Waals surface area contributed by atoms with Gasteiger partial charge in [-0.3, -0.25) is 19.3 Å². The minimum absolute atomic E-state index is 0.0715. The monoisotopic (exact) mass is 777 g/mol. The first-order chi connectivity index (χ1) is 26.0. The number of nitrogens with zero attached hydrogens (tertiary/aromatic N) is 2. The number of ether oxygens (including phenoxy) is 1. The van der Waals surface area contributed by atoms with Gasteiger partial charge in [-0.15, -0.1) is 0 Å². The number of rotatable bonds is 13. The molecule has 7 nitrogen and oxygen atoms in total. The molecule has 0 amide bonds. The van der Waals surface area contributed by atoms with E-state index in [9.17, 15) is 23.9 Å². The molecule has 0 bridgehead atoms. The van der Waals surface area contributed by atoms with Gasteiger partial charge >= 0.3 is 11.9 Å². The van der Waals surface area contributed by atoms with E-state index in [-0.39, 0.29) is 51.3 Å². The second-order valence-corrected chi connectivity index (χ2v) is 21.6. The van der Waals surface area contributed by atoms with Gasteiger partial charge in [-0.1, -0.05) is 66.2 Å². The number of aliphatic carboxylic acids is 1. The minimum Gasteiger partial charge on any atom is -0.481 e. The Kier molecular flexibility index (Phi) is 11.7. The van der Waals surface area contributed by atoms with Crippen LogP contribution in [-0.2, 0) is 25.7 Å². The summed E-state index contributed by atoms with van der Waals surface area (Å²) in [4.78, 5) is 43.9. The van der Waals surface area contributed by atoms with Crippen LogP contribution in [0.3, 0.4) is 0 Å². The van der Waals surface area contributed by atoms with Crippen molar-refractivity contribution in [3.05, 3.63) is 46.8 Å². The highest BCUT2D eigenvalue weighted by atomic mass is 19.1. The summed E-state index contributed by atoms with van der Waals surface area (Å²) >= 11 is 0.